The molecule has 2 aliphatic rings. The van der Waals surface area contributed by atoms with Crippen LogP contribution in [0.15, 0.2) is 0 Å². The van der Waals surface area contributed by atoms with Crippen LogP contribution in [0, 0.1) is 5.92 Å². The van der Waals surface area contributed by atoms with Crippen LogP contribution in [0.2, 0.25) is 0 Å². The number of carbonyl (C=O) groups is 1. The Hall–Kier alpha value is -1.39. The van der Waals surface area contributed by atoms with Crippen molar-refractivity contribution in [1.29, 1.82) is 0 Å². The summed E-state index contributed by atoms with van der Waals surface area (Å²) in [4.78, 5) is 16.0. The number of nitrogens with one attached hydrogen (secondary N) is 2. The maximum Gasteiger partial charge on any atom is 0.248 e. The van der Waals surface area contributed by atoms with Gasteiger partial charge in [-0.25, -0.2) is 0 Å². The third-order valence-corrected chi connectivity index (χ3v) is 3.71. The molecular weight excluding hydrogens is 204 g/mol. The Balaban J connectivity index is 1.61. The number of amides is 1. The van der Waals surface area contributed by atoms with Crippen molar-refractivity contribution in [2.24, 2.45) is 5.92 Å². The molecule has 0 spiro atoms. The summed E-state index contributed by atoms with van der Waals surface area (Å²) in [5, 5.41) is 9.72. The minimum absolute atomic E-state index is 0.0745. The second kappa shape index (κ2) is 3.88. The molecule has 1 heterocycles. The molecule has 1 aromatic rings. The molecule has 1 aromatic heterocycles. The third-order valence-electron chi connectivity index (χ3n) is 3.71. The number of carbonyl (C=O) groups excluding carboxylic acids is 1. The molecule has 0 unspecified atom stereocenters. The maximum atomic E-state index is 11.7. The van der Waals surface area contributed by atoms with E-state index in [1.165, 1.54) is 25.7 Å². The fourth-order valence-electron chi connectivity index (χ4n) is 2.08. The second-order valence-electron chi connectivity index (χ2n) is 4.79. The van der Waals surface area contributed by atoms with Gasteiger partial charge in [-0.1, -0.05) is 12.8 Å². The maximum absolute atomic E-state index is 11.7. The van der Waals surface area contributed by atoms with Crippen molar-refractivity contribution < 1.29 is 4.79 Å². The first-order valence-corrected chi connectivity index (χ1v) is 6.06. The van der Waals surface area contributed by atoms with Gasteiger partial charge in [0.25, 0.3) is 0 Å². The first kappa shape index (κ1) is 9.81. The number of aromatic amines is 1. The van der Waals surface area contributed by atoms with Gasteiger partial charge in [0.05, 0.1) is 0 Å². The number of nitrogens with zero attached hydrogens (tertiary/aromatic N) is 2. The highest BCUT2D eigenvalue weighted by molar-refractivity contribution is 5.91. The number of anilines is 1. The lowest BCUT2D eigenvalue weighted by molar-refractivity contribution is -0.122. The van der Waals surface area contributed by atoms with E-state index in [0.717, 1.165) is 18.7 Å². The smallest absolute Gasteiger partial charge is 0.248 e. The van der Waals surface area contributed by atoms with Crippen molar-refractivity contribution in [2.45, 2.75) is 44.4 Å². The van der Waals surface area contributed by atoms with Crippen LogP contribution >= 0.6 is 0 Å². The Morgan fingerprint density at radius 2 is 2.00 bits per heavy atom. The third kappa shape index (κ3) is 1.70. The monoisotopic (exact) mass is 220 g/mol. The predicted octanol–water partition coefficient (Wildman–Crippen LogP) is 1.81. The summed E-state index contributed by atoms with van der Waals surface area (Å²) in [6.07, 6.45) is 6.82. The number of aromatic nitrogens is 3. The van der Waals surface area contributed by atoms with Crippen LogP contribution in [0.5, 0.6) is 0 Å². The first-order chi connectivity index (χ1) is 7.83. The molecule has 0 aromatic carbocycles. The Kier molecular flexibility index (Phi) is 2.38. The molecule has 1 amide bonds. The number of hydrogen-bond donors (Lipinski definition) is 2. The van der Waals surface area contributed by atoms with Gasteiger partial charge in [0.15, 0.2) is 0 Å². The zero-order valence-electron chi connectivity index (χ0n) is 9.20. The molecule has 0 radical (unpaired) electrons. The molecule has 2 N–H and O–H groups in total. The van der Waals surface area contributed by atoms with E-state index >= 15 is 0 Å². The van der Waals surface area contributed by atoms with Gasteiger partial charge in [0.1, 0.15) is 5.82 Å². The highest BCUT2D eigenvalue weighted by atomic mass is 16.2. The van der Waals surface area contributed by atoms with Gasteiger partial charge in [-0.15, -0.1) is 5.10 Å². The molecule has 2 aliphatic carbocycles. The Bertz CT molecular complexity index is 392. The van der Waals surface area contributed by atoms with Crippen molar-refractivity contribution in [3.63, 3.8) is 0 Å². The lowest BCUT2D eigenvalue weighted by Gasteiger charge is -2.23. The molecule has 5 nitrogen and oxygen atoms in total. The van der Waals surface area contributed by atoms with E-state index in [0.29, 0.717) is 11.9 Å². The highest BCUT2D eigenvalue weighted by Gasteiger charge is 2.27. The van der Waals surface area contributed by atoms with E-state index in [2.05, 4.69) is 20.5 Å². The van der Waals surface area contributed by atoms with Gasteiger partial charge >= 0.3 is 0 Å². The average molecular weight is 220 g/mol. The molecule has 0 aliphatic heterocycles. The van der Waals surface area contributed by atoms with Gasteiger partial charge in [-0.2, -0.15) is 4.98 Å². The van der Waals surface area contributed by atoms with Crippen LogP contribution in [-0.2, 0) is 4.79 Å². The molecule has 0 atom stereocenters. The molecule has 2 saturated carbocycles. The zero-order valence-corrected chi connectivity index (χ0v) is 9.20. The van der Waals surface area contributed by atoms with E-state index in [1.54, 1.807) is 0 Å². The topological polar surface area (TPSA) is 70.7 Å². The number of H-pyrrole nitrogens is 1. The van der Waals surface area contributed by atoms with Crippen LogP contribution < -0.4 is 5.32 Å². The standard InChI is InChI=1S/C11H16N4O/c16-10(8-5-2-6-8)13-11-12-9(14-15-11)7-3-1-4-7/h7-8H,1-6H2,(H2,12,13,14,15,16). The van der Waals surface area contributed by atoms with Crippen LogP contribution in [0.3, 0.4) is 0 Å². The van der Waals surface area contributed by atoms with Crippen molar-refractivity contribution in [1.82, 2.24) is 15.2 Å². The zero-order chi connectivity index (χ0) is 11.0. The van der Waals surface area contributed by atoms with Gasteiger partial charge in [-0.05, 0) is 25.7 Å². The summed E-state index contributed by atoms with van der Waals surface area (Å²) in [6.45, 7) is 0. The quantitative estimate of drug-likeness (QED) is 0.816. The molecule has 2 fully saturated rings. The van der Waals surface area contributed by atoms with Crippen molar-refractivity contribution in [2.75, 3.05) is 5.32 Å². The SMILES string of the molecule is O=C(Nc1n[nH]c(C2CCC2)n1)C1CCC1. The Morgan fingerprint density at radius 3 is 2.56 bits per heavy atom. The van der Waals surface area contributed by atoms with Crippen LogP contribution in [-0.4, -0.2) is 21.1 Å². The van der Waals surface area contributed by atoms with Crippen molar-refractivity contribution in [3.05, 3.63) is 5.82 Å². The molecule has 0 bridgehead atoms. The Labute approximate surface area is 94.0 Å². The summed E-state index contributed by atoms with van der Waals surface area (Å²) in [5.41, 5.74) is 0. The van der Waals surface area contributed by atoms with E-state index in [-0.39, 0.29) is 11.8 Å². The lowest BCUT2D eigenvalue weighted by atomic mass is 9.85. The fourth-order valence-corrected chi connectivity index (χ4v) is 2.08. The minimum atomic E-state index is 0.0745. The van der Waals surface area contributed by atoms with Crippen LogP contribution in [0.1, 0.15) is 50.3 Å². The Morgan fingerprint density at radius 1 is 1.25 bits per heavy atom. The van der Waals surface area contributed by atoms with Gasteiger partial charge in [0.2, 0.25) is 11.9 Å². The average Bonchev–Trinajstić information content (AvgIpc) is 2.46. The summed E-state index contributed by atoms with van der Waals surface area (Å²) < 4.78 is 0. The van der Waals surface area contributed by atoms with Crippen molar-refractivity contribution >= 4 is 11.9 Å². The second-order valence-corrected chi connectivity index (χ2v) is 4.79. The fraction of sp³-hybridized carbons (Fsp3) is 0.727. The minimum Gasteiger partial charge on any atom is -0.293 e. The van der Waals surface area contributed by atoms with Gasteiger partial charge < -0.3 is 0 Å². The molecule has 3 rings (SSSR count). The van der Waals surface area contributed by atoms with E-state index < -0.39 is 0 Å². The molecule has 16 heavy (non-hydrogen) atoms. The van der Waals surface area contributed by atoms with E-state index in [9.17, 15) is 4.79 Å². The largest absolute Gasteiger partial charge is 0.293 e. The summed E-state index contributed by atoms with van der Waals surface area (Å²) >= 11 is 0. The predicted molar refractivity (Wildman–Crippen MR) is 58.9 cm³/mol. The molecule has 0 saturated heterocycles. The lowest BCUT2D eigenvalue weighted by Crippen LogP contribution is -2.28. The van der Waals surface area contributed by atoms with E-state index in [4.69, 9.17) is 0 Å². The molecule has 5 heteroatoms. The van der Waals surface area contributed by atoms with Crippen molar-refractivity contribution in [3.8, 4) is 0 Å². The van der Waals surface area contributed by atoms with E-state index in [1.807, 2.05) is 0 Å². The van der Waals surface area contributed by atoms with Crippen LogP contribution in [0.25, 0.3) is 0 Å². The first-order valence-electron chi connectivity index (χ1n) is 6.06. The molecular formula is C11H16N4O. The molecule has 86 valence electrons. The summed E-state index contributed by atoms with van der Waals surface area (Å²) in [5.74, 6) is 2.16. The van der Waals surface area contributed by atoms with Crippen LogP contribution in [0.4, 0.5) is 5.95 Å². The number of hydrogen-bond acceptors (Lipinski definition) is 3. The normalized spacial score (nSPS) is 21.2. The van der Waals surface area contributed by atoms with Gasteiger partial charge in [0, 0.05) is 11.8 Å². The highest BCUT2D eigenvalue weighted by Crippen LogP contribution is 2.34. The van der Waals surface area contributed by atoms with Gasteiger partial charge in [-0.3, -0.25) is 15.2 Å². The summed E-state index contributed by atoms with van der Waals surface area (Å²) in [6, 6.07) is 0. The summed E-state index contributed by atoms with van der Waals surface area (Å²) in [7, 11) is 0. The number of rotatable bonds is 3.